The summed E-state index contributed by atoms with van der Waals surface area (Å²) < 4.78 is 0. The Balaban J connectivity index is -0.000000567. The highest BCUT2D eigenvalue weighted by molar-refractivity contribution is 5.72. The number of nitrogens with two attached hydrogens (primary N) is 4. The summed E-state index contributed by atoms with van der Waals surface area (Å²) in [4.78, 5) is 20.4. The largest absolute Gasteiger partial charge is 0.481 e. The summed E-state index contributed by atoms with van der Waals surface area (Å²) in [5.41, 5.74) is 21.2. The second kappa shape index (κ2) is 41.8. The molecule has 0 fully saturated rings. The first-order chi connectivity index (χ1) is 20.4. The van der Waals surface area contributed by atoms with Crippen molar-refractivity contribution in [2.24, 2.45) is 22.9 Å². The molecule has 0 heterocycles. The summed E-state index contributed by atoms with van der Waals surface area (Å²) >= 11 is 0. The van der Waals surface area contributed by atoms with Crippen molar-refractivity contribution in [1.82, 2.24) is 10.6 Å². The van der Waals surface area contributed by atoms with Crippen molar-refractivity contribution in [1.29, 1.82) is 0 Å². The number of carboxylic acid groups (broad SMARTS) is 2. The highest BCUT2D eigenvalue weighted by Gasteiger charge is 2.09. The Hall–Kier alpha value is -1.30. The van der Waals surface area contributed by atoms with Gasteiger partial charge in [0.2, 0.25) is 0 Å². The van der Waals surface area contributed by atoms with E-state index in [1.165, 1.54) is 83.5 Å². The van der Waals surface area contributed by atoms with Gasteiger partial charge in [-0.2, -0.15) is 0 Å². The van der Waals surface area contributed by atoms with Crippen LogP contribution in [-0.2, 0) is 9.59 Å². The van der Waals surface area contributed by atoms with E-state index in [2.05, 4.69) is 17.6 Å². The van der Waals surface area contributed by atoms with Crippen LogP contribution >= 0.6 is 0 Å². The quantitative estimate of drug-likeness (QED) is 0.0530. The maximum Gasteiger partial charge on any atom is 0.320 e. The lowest BCUT2D eigenvalue weighted by Crippen LogP contribution is -2.29. The standard InChI is InChI=1S/C16H32O2.C10H26N4.C6H14N2O2/c1-2-3-4-5-6-7-8-9-10-11-12-13-14-15-16(17)18;11-5-3-9-13-7-1-2-8-14-10-4-6-12;7-4-2-1-3-5(8)6(9)10/h2-15H2,1H3,(H,17,18);13-14H,1-12H2;5H,1-4,7-8H2,(H,9,10)/t;;5-/m..0/s1. The van der Waals surface area contributed by atoms with Crippen LogP contribution in [0.2, 0.25) is 0 Å². The first-order valence-corrected chi connectivity index (χ1v) is 17.1. The molecule has 0 aromatic carbocycles. The third-order valence-corrected chi connectivity index (χ3v) is 6.85. The molecule has 0 radical (unpaired) electrons. The number of rotatable bonds is 30. The van der Waals surface area contributed by atoms with E-state index in [1.54, 1.807) is 0 Å². The second-order valence-corrected chi connectivity index (χ2v) is 11.1. The molecule has 0 aliphatic heterocycles. The number of carbonyl (C=O) groups is 2. The Morgan fingerprint density at radius 1 is 0.548 bits per heavy atom. The van der Waals surface area contributed by atoms with Gasteiger partial charge in [0, 0.05) is 6.42 Å². The minimum Gasteiger partial charge on any atom is -0.481 e. The highest BCUT2D eigenvalue weighted by Crippen LogP contribution is 2.12. The zero-order valence-electron chi connectivity index (χ0n) is 27.4. The summed E-state index contributed by atoms with van der Waals surface area (Å²) in [6.45, 7) is 8.76. The molecule has 10 heteroatoms. The molecule has 12 N–H and O–H groups in total. The van der Waals surface area contributed by atoms with E-state index in [4.69, 9.17) is 33.1 Å². The molecule has 0 aromatic heterocycles. The molecule has 0 spiro atoms. The minimum atomic E-state index is -0.933. The fourth-order valence-corrected chi connectivity index (χ4v) is 4.13. The van der Waals surface area contributed by atoms with Crippen molar-refractivity contribution in [3.05, 3.63) is 0 Å². The van der Waals surface area contributed by atoms with Crippen LogP contribution < -0.4 is 33.6 Å². The van der Waals surface area contributed by atoms with Gasteiger partial charge in [-0.3, -0.25) is 9.59 Å². The Kier molecular flexibility index (Phi) is 45.0. The van der Waals surface area contributed by atoms with Crippen LogP contribution in [0.5, 0.6) is 0 Å². The molecule has 0 saturated heterocycles. The lowest BCUT2D eigenvalue weighted by molar-refractivity contribution is -0.139. The van der Waals surface area contributed by atoms with Crippen molar-refractivity contribution in [3.8, 4) is 0 Å². The molecule has 1 atom stereocenters. The topological polar surface area (TPSA) is 203 Å². The maximum absolute atomic E-state index is 10.3. The molecule has 0 bridgehead atoms. The van der Waals surface area contributed by atoms with E-state index in [0.29, 0.717) is 19.4 Å². The Morgan fingerprint density at radius 2 is 0.929 bits per heavy atom. The number of nitrogens with one attached hydrogen (secondary N) is 2. The fraction of sp³-hybridized carbons (Fsp3) is 0.938. The van der Waals surface area contributed by atoms with Gasteiger partial charge in [0.15, 0.2) is 0 Å². The van der Waals surface area contributed by atoms with Gasteiger partial charge >= 0.3 is 11.9 Å². The summed E-state index contributed by atoms with van der Waals surface area (Å²) in [6, 6.07) is -0.716. The normalized spacial score (nSPS) is 11.3. The van der Waals surface area contributed by atoms with Crippen molar-refractivity contribution < 1.29 is 19.8 Å². The molecule has 42 heavy (non-hydrogen) atoms. The van der Waals surface area contributed by atoms with Crippen LogP contribution in [0, 0.1) is 0 Å². The van der Waals surface area contributed by atoms with Gasteiger partial charge in [-0.15, -0.1) is 0 Å². The number of carboxylic acids is 2. The predicted molar refractivity (Wildman–Crippen MR) is 179 cm³/mol. The lowest BCUT2D eigenvalue weighted by atomic mass is 10.0. The number of aliphatic carboxylic acids is 2. The van der Waals surface area contributed by atoms with Gasteiger partial charge < -0.3 is 43.8 Å². The smallest absolute Gasteiger partial charge is 0.320 e. The maximum atomic E-state index is 10.3. The van der Waals surface area contributed by atoms with E-state index in [9.17, 15) is 9.59 Å². The van der Waals surface area contributed by atoms with Crippen molar-refractivity contribution in [2.75, 3.05) is 45.8 Å². The van der Waals surface area contributed by atoms with Crippen molar-refractivity contribution in [3.63, 3.8) is 0 Å². The molecular formula is C32H72N6O4. The van der Waals surface area contributed by atoms with Crippen LogP contribution in [0.15, 0.2) is 0 Å². The summed E-state index contributed by atoms with van der Waals surface area (Å²) in [5.74, 6) is -1.59. The zero-order valence-corrected chi connectivity index (χ0v) is 27.4. The molecular weight excluding hydrogens is 532 g/mol. The number of hydrogen-bond donors (Lipinski definition) is 8. The van der Waals surface area contributed by atoms with Gasteiger partial charge in [0.05, 0.1) is 0 Å². The van der Waals surface area contributed by atoms with E-state index in [1.807, 2.05) is 0 Å². The molecule has 254 valence electrons. The highest BCUT2D eigenvalue weighted by atomic mass is 16.4. The summed E-state index contributed by atoms with van der Waals surface area (Å²) in [6.07, 6.45) is 24.1. The number of unbranched alkanes of at least 4 members (excludes halogenated alkanes) is 14. The van der Waals surface area contributed by atoms with Crippen LogP contribution in [0.25, 0.3) is 0 Å². The number of hydrogen-bond acceptors (Lipinski definition) is 8. The Bertz CT molecular complexity index is 517. The van der Waals surface area contributed by atoms with Crippen LogP contribution in [-0.4, -0.2) is 74.0 Å². The average Bonchev–Trinajstić information content (AvgIpc) is 2.97. The van der Waals surface area contributed by atoms with Gasteiger partial charge in [0.25, 0.3) is 0 Å². The predicted octanol–water partition coefficient (Wildman–Crippen LogP) is 4.72. The Labute approximate surface area is 258 Å². The first kappa shape index (κ1) is 45.1. The molecule has 0 aromatic rings. The third-order valence-electron chi connectivity index (χ3n) is 6.85. The van der Waals surface area contributed by atoms with Crippen molar-refractivity contribution in [2.45, 2.75) is 148 Å². The van der Waals surface area contributed by atoms with Crippen LogP contribution in [0.3, 0.4) is 0 Å². The monoisotopic (exact) mass is 605 g/mol. The lowest BCUT2D eigenvalue weighted by Gasteiger charge is -2.04. The third kappa shape index (κ3) is 48.4. The van der Waals surface area contributed by atoms with Gasteiger partial charge in [0.1, 0.15) is 6.04 Å². The summed E-state index contributed by atoms with van der Waals surface area (Å²) in [7, 11) is 0. The molecule has 0 rings (SSSR count). The van der Waals surface area contributed by atoms with Gasteiger partial charge in [-0.05, 0) is 90.8 Å². The SMILES string of the molecule is CCCCCCCCCCCCCCCC(=O)O.NCCCC[C@H](N)C(=O)O.NCCCNCCCCNCCCN. The molecule has 0 unspecified atom stereocenters. The van der Waals surface area contributed by atoms with Crippen LogP contribution in [0.1, 0.15) is 142 Å². The molecule has 0 aliphatic carbocycles. The first-order valence-electron chi connectivity index (χ1n) is 17.1. The van der Waals surface area contributed by atoms with E-state index in [0.717, 1.165) is 77.8 Å². The average molecular weight is 605 g/mol. The molecule has 0 saturated carbocycles. The van der Waals surface area contributed by atoms with Gasteiger partial charge in [-0.1, -0.05) is 90.4 Å². The summed E-state index contributed by atoms with van der Waals surface area (Å²) in [5, 5.41) is 23.5. The molecule has 10 nitrogen and oxygen atoms in total. The fourth-order valence-electron chi connectivity index (χ4n) is 4.13. The van der Waals surface area contributed by atoms with E-state index < -0.39 is 18.0 Å². The molecule has 0 aliphatic rings. The second-order valence-electron chi connectivity index (χ2n) is 11.1. The van der Waals surface area contributed by atoms with Crippen LogP contribution in [0.4, 0.5) is 0 Å². The molecule has 0 amide bonds. The minimum absolute atomic E-state index is 0.345. The van der Waals surface area contributed by atoms with Crippen molar-refractivity contribution >= 4 is 11.9 Å². The van der Waals surface area contributed by atoms with Gasteiger partial charge in [-0.25, -0.2) is 0 Å². The van der Waals surface area contributed by atoms with E-state index in [-0.39, 0.29) is 0 Å². The van der Waals surface area contributed by atoms with E-state index >= 15 is 0 Å². The Morgan fingerprint density at radius 3 is 1.29 bits per heavy atom. The zero-order chi connectivity index (χ0) is 31.9.